The average molecular weight is 566 g/mol. The Kier molecular flexibility index (Phi) is 4.69. The molecule has 3 aromatic heterocycles. The van der Waals surface area contributed by atoms with Crippen molar-refractivity contribution >= 4 is 93.7 Å². The minimum absolute atomic E-state index is 0.872. The van der Waals surface area contributed by atoms with E-state index in [-0.39, 0.29) is 0 Å². The van der Waals surface area contributed by atoms with E-state index in [0.29, 0.717) is 0 Å². The molecule has 0 bridgehead atoms. The van der Waals surface area contributed by atoms with Crippen molar-refractivity contribution in [3.05, 3.63) is 140 Å². The van der Waals surface area contributed by atoms with E-state index in [9.17, 15) is 0 Å². The van der Waals surface area contributed by atoms with E-state index in [1.165, 1.54) is 5.39 Å². The van der Waals surface area contributed by atoms with Gasteiger partial charge >= 0.3 is 0 Å². The molecule has 0 amide bonds. The highest BCUT2D eigenvalue weighted by molar-refractivity contribution is 6.11. The molecule has 0 aliphatic carbocycles. The van der Waals surface area contributed by atoms with Gasteiger partial charge in [0, 0.05) is 49.4 Å². The Balaban J connectivity index is 1.22. The van der Waals surface area contributed by atoms with Crippen LogP contribution < -0.4 is 4.90 Å². The van der Waals surface area contributed by atoms with Crippen LogP contribution in [-0.4, -0.2) is 0 Å². The van der Waals surface area contributed by atoms with Crippen molar-refractivity contribution in [2.45, 2.75) is 0 Å². The van der Waals surface area contributed by atoms with Crippen LogP contribution >= 0.6 is 0 Å². The highest BCUT2D eigenvalue weighted by Crippen LogP contribution is 2.42. The van der Waals surface area contributed by atoms with Crippen LogP contribution in [0.2, 0.25) is 0 Å². The first-order chi connectivity index (χ1) is 21.8. The van der Waals surface area contributed by atoms with Gasteiger partial charge in [-0.05, 0) is 89.6 Å². The third-order valence-electron chi connectivity index (χ3n) is 8.81. The lowest BCUT2D eigenvalue weighted by atomic mass is 10.0. The molecule has 7 aromatic carbocycles. The molecular formula is C40H23NO3. The molecule has 0 aliphatic heterocycles. The second-order valence-corrected chi connectivity index (χ2v) is 11.4. The maximum absolute atomic E-state index is 6.26. The third-order valence-corrected chi connectivity index (χ3v) is 8.81. The Bertz CT molecular complexity index is 2630. The van der Waals surface area contributed by atoms with E-state index in [0.717, 1.165) is 88.3 Å². The molecule has 4 nitrogen and oxygen atoms in total. The first kappa shape index (κ1) is 23.6. The fourth-order valence-corrected chi connectivity index (χ4v) is 6.75. The topological polar surface area (TPSA) is 42.7 Å². The van der Waals surface area contributed by atoms with Crippen LogP contribution in [0.4, 0.5) is 17.1 Å². The Morgan fingerprint density at radius 1 is 0.295 bits per heavy atom. The van der Waals surface area contributed by atoms with Crippen molar-refractivity contribution in [1.29, 1.82) is 0 Å². The maximum Gasteiger partial charge on any atom is 0.136 e. The molecule has 0 N–H and O–H groups in total. The van der Waals surface area contributed by atoms with Crippen LogP contribution in [0.1, 0.15) is 0 Å². The zero-order valence-electron chi connectivity index (χ0n) is 23.5. The number of fused-ring (bicyclic) bond motifs is 10. The summed E-state index contributed by atoms with van der Waals surface area (Å²) in [5.41, 5.74) is 8.44. The smallest absolute Gasteiger partial charge is 0.136 e. The Hall–Kier alpha value is -6.00. The SMILES string of the molecule is c1ccc2c(c1)oc1ccc(N(c3ccc4cc5c(cc4c3)oc3ccccc35)c3ccc4oc5ccccc5c4c3)cc12. The van der Waals surface area contributed by atoms with Crippen LogP contribution in [0.5, 0.6) is 0 Å². The summed E-state index contributed by atoms with van der Waals surface area (Å²) < 4.78 is 18.6. The lowest BCUT2D eigenvalue weighted by Gasteiger charge is -2.26. The highest BCUT2D eigenvalue weighted by Gasteiger charge is 2.18. The zero-order chi connectivity index (χ0) is 28.8. The van der Waals surface area contributed by atoms with Gasteiger partial charge in [-0.25, -0.2) is 0 Å². The molecule has 0 unspecified atom stereocenters. The average Bonchev–Trinajstić information content (AvgIpc) is 3.74. The number of rotatable bonds is 3. The van der Waals surface area contributed by atoms with Gasteiger partial charge in [-0.15, -0.1) is 0 Å². The number of benzene rings is 7. The third kappa shape index (κ3) is 3.39. The van der Waals surface area contributed by atoms with Crippen molar-refractivity contribution < 1.29 is 13.3 Å². The molecule has 0 aliphatic rings. The van der Waals surface area contributed by atoms with Gasteiger partial charge in [0.05, 0.1) is 0 Å². The molecule has 10 aromatic rings. The minimum atomic E-state index is 0.872. The molecule has 10 rings (SSSR count). The van der Waals surface area contributed by atoms with Crippen molar-refractivity contribution in [1.82, 2.24) is 0 Å². The van der Waals surface area contributed by atoms with E-state index in [4.69, 9.17) is 13.3 Å². The second kappa shape index (κ2) is 8.76. The minimum Gasteiger partial charge on any atom is -0.456 e. The van der Waals surface area contributed by atoms with Crippen molar-refractivity contribution in [3.63, 3.8) is 0 Å². The first-order valence-electron chi connectivity index (χ1n) is 14.7. The Morgan fingerprint density at radius 3 is 1.30 bits per heavy atom. The summed E-state index contributed by atoms with van der Waals surface area (Å²) in [6.07, 6.45) is 0. The normalized spacial score (nSPS) is 12.1. The van der Waals surface area contributed by atoms with Gasteiger partial charge in [0.15, 0.2) is 0 Å². The van der Waals surface area contributed by atoms with Crippen LogP contribution in [0.3, 0.4) is 0 Å². The molecule has 3 heterocycles. The standard InChI is InChI=1S/C40H23NO3/c1-6-12-37-29(7-1)32-20-24-13-14-26(19-25(24)21-40(32)44-37)41(27-15-17-38-33(22-27)30-8-2-4-10-35(30)42-38)28-16-18-39-34(23-28)31-9-3-5-11-36(31)43-39/h1-23H. The molecule has 206 valence electrons. The molecule has 0 radical (unpaired) electrons. The van der Waals surface area contributed by atoms with Crippen LogP contribution in [0, 0.1) is 0 Å². The summed E-state index contributed by atoms with van der Waals surface area (Å²) in [4.78, 5) is 2.31. The summed E-state index contributed by atoms with van der Waals surface area (Å²) in [6.45, 7) is 0. The summed E-state index contributed by atoms with van der Waals surface area (Å²) in [5, 5.41) is 8.93. The number of hydrogen-bond donors (Lipinski definition) is 0. The molecule has 4 heteroatoms. The number of nitrogens with zero attached hydrogens (tertiary/aromatic N) is 1. The predicted octanol–water partition coefficient (Wildman–Crippen LogP) is 12.0. The lowest BCUT2D eigenvalue weighted by Crippen LogP contribution is -2.09. The Morgan fingerprint density at radius 2 is 0.727 bits per heavy atom. The Labute approximate surface area is 250 Å². The van der Waals surface area contributed by atoms with E-state index in [1.54, 1.807) is 0 Å². The first-order valence-corrected chi connectivity index (χ1v) is 14.7. The van der Waals surface area contributed by atoms with Crippen LogP contribution in [0.15, 0.2) is 153 Å². The number of anilines is 3. The fraction of sp³-hybridized carbons (Fsp3) is 0. The van der Waals surface area contributed by atoms with E-state index in [2.05, 4.69) is 108 Å². The lowest BCUT2D eigenvalue weighted by molar-refractivity contribution is 0.668. The molecular weight excluding hydrogens is 542 g/mol. The van der Waals surface area contributed by atoms with Gasteiger partial charge in [0.25, 0.3) is 0 Å². The predicted molar refractivity (Wildman–Crippen MR) is 180 cm³/mol. The van der Waals surface area contributed by atoms with Crippen molar-refractivity contribution in [2.24, 2.45) is 0 Å². The molecule has 0 spiro atoms. The summed E-state index contributed by atoms with van der Waals surface area (Å²) >= 11 is 0. The van der Waals surface area contributed by atoms with Gasteiger partial charge in [-0.2, -0.15) is 0 Å². The number of hydrogen-bond acceptors (Lipinski definition) is 4. The van der Waals surface area contributed by atoms with Gasteiger partial charge in [-0.3, -0.25) is 0 Å². The molecule has 0 saturated heterocycles. The van der Waals surface area contributed by atoms with Gasteiger partial charge < -0.3 is 18.2 Å². The second-order valence-electron chi connectivity index (χ2n) is 11.4. The molecule has 44 heavy (non-hydrogen) atoms. The fourth-order valence-electron chi connectivity index (χ4n) is 6.75. The molecule has 0 saturated carbocycles. The van der Waals surface area contributed by atoms with E-state index in [1.807, 2.05) is 36.4 Å². The van der Waals surface area contributed by atoms with Crippen molar-refractivity contribution in [3.8, 4) is 0 Å². The van der Waals surface area contributed by atoms with E-state index >= 15 is 0 Å². The van der Waals surface area contributed by atoms with Gasteiger partial charge in [0.2, 0.25) is 0 Å². The maximum atomic E-state index is 6.26. The quantitative estimate of drug-likeness (QED) is 0.214. The highest BCUT2D eigenvalue weighted by atomic mass is 16.3. The number of para-hydroxylation sites is 3. The zero-order valence-corrected chi connectivity index (χ0v) is 23.5. The van der Waals surface area contributed by atoms with E-state index < -0.39 is 0 Å². The molecule has 0 fully saturated rings. The van der Waals surface area contributed by atoms with Crippen LogP contribution in [0.25, 0.3) is 76.6 Å². The van der Waals surface area contributed by atoms with Gasteiger partial charge in [-0.1, -0.05) is 60.7 Å². The summed E-state index contributed by atoms with van der Waals surface area (Å²) in [6, 6.07) is 48.5. The summed E-state index contributed by atoms with van der Waals surface area (Å²) in [7, 11) is 0. The van der Waals surface area contributed by atoms with Crippen molar-refractivity contribution in [2.75, 3.05) is 4.90 Å². The largest absolute Gasteiger partial charge is 0.456 e. The molecule has 0 atom stereocenters. The van der Waals surface area contributed by atoms with Crippen LogP contribution in [-0.2, 0) is 0 Å². The summed E-state index contributed by atoms with van der Waals surface area (Å²) in [5.74, 6) is 0. The number of furan rings is 3. The van der Waals surface area contributed by atoms with Gasteiger partial charge in [0.1, 0.15) is 33.5 Å². The monoisotopic (exact) mass is 565 g/mol.